The number of aromatic nitrogens is 1. The highest BCUT2D eigenvalue weighted by atomic mass is 16.5. The van der Waals surface area contributed by atoms with Gasteiger partial charge in [0.15, 0.2) is 0 Å². The van der Waals surface area contributed by atoms with Crippen LogP contribution in [-0.2, 0) is 11.8 Å². The fourth-order valence-corrected chi connectivity index (χ4v) is 4.15. The quantitative estimate of drug-likeness (QED) is 0.800. The van der Waals surface area contributed by atoms with Crippen molar-refractivity contribution in [1.82, 2.24) is 9.47 Å². The molecule has 2 bridgehead atoms. The number of benzene rings is 1. The lowest BCUT2D eigenvalue weighted by molar-refractivity contribution is -0.00125. The molecule has 0 radical (unpaired) electrons. The molecule has 22 heavy (non-hydrogen) atoms. The Morgan fingerprint density at radius 2 is 1.82 bits per heavy atom. The van der Waals surface area contributed by atoms with Crippen LogP contribution >= 0.6 is 0 Å². The van der Waals surface area contributed by atoms with Crippen LogP contribution in [0.1, 0.15) is 36.2 Å². The zero-order valence-electron chi connectivity index (χ0n) is 13.2. The number of carbonyl (C=O) groups is 1. The molecule has 116 valence electrons. The van der Waals surface area contributed by atoms with Crippen LogP contribution in [0.4, 0.5) is 0 Å². The zero-order chi connectivity index (χ0) is 15.3. The van der Waals surface area contributed by atoms with Gasteiger partial charge < -0.3 is 14.2 Å². The molecule has 0 N–H and O–H groups in total. The van der Waals surface area contributed by atoms with Gasteiger partial charge in [-0.15, -0.1) is 0 Å². The third kappa shape index (κ3) is 2.13. The standard InChI is InChI=1S/C18H22N2O2/c1-19-13-7-8-14(19)11-15(10-13)22-18(21)17-9-12-5-3-4-6-16(12)20(17)2/h3-6,9,13-15H,7-8,10-11H2,1-2H3/t13-,14-/m1/s1. The molecule has 3 heterocycles. The van der Waals surface area contributed by atoms with E-state index in [9.17, 15) is 4.79 Å². The van der Waals surface area contributed by atoms with E-state index in [1.807, 2.05) is 41.9 Å². The van der Waals surface area contributed by atoms with Crippen molar-refractivity contribution in [1.29, 1.82) is 0 Å². The zero-order valence-corrected chi connectivity index (χ0v) is 13.2. The monoisotopic (exact) mass is 298 g/mol. The lowest BCUT2D eigenvalue weighted by Crippen LogP contribution is -2.43. The second-order valence-electron chi connectivity index (χ2n) is 6.70. The number of hydrogen-bond donors (Lipinski definition) is 0. The number of nitrogens with zero attached hydrogens (tertiary/aromatic N) is 2. The topological polar surface area (TPSA) is 34.5 Å². The summed E-state index contributed by atoms with van der Waals surface area (Å²) < 4.78 is 7.76. The predicted octanol–water partition coefficient (Wildman–Crippen LogP) is 2.96. The summed E-state index contributed by atoms with van der Waals surface area (Å²) >= 11 is 0. The fraction of sp³-hybridized carbons (Fsp3) is 0.500. The molecular formula is C18H22N2O2. The van der Waals surface area contributed by atoms with Crippen molar-refractivity contribution in [2.24, 2.45) is 7.05 Å². The summed E-state index contributed by atoms with van der Waals surface area (Å²) in [5.74, 6) is -0.187. The summed E-state index contributed by atoms with van der Waals surface area (Å²) in [6, 6.07) is 11.1. The van der Waals surface area contributed by atoms with Crippen LogP contribution in [0.2, 0.25) is 0 Å². The maximum Gasteiger partial charge on any atom is 0.355 e. The van der Waals surface area contributed by atoms with Gasteiger partial charge in [0.2, 0.25) is 0 Å². The number of fused-ring (bicyclic) bond motifs is 3. The molecule has 0 aliphatic carbocycles. The van der Waals surface area contributed by atoms with Crippen molar-refractivity contribution in [3.63, 3.8) is 0 Å². The number of piperidine rings is 1. The van der Waals surface area contributed by atoms with E-state index in [1.54, 1.807) is 0 Å². The Bertz CT molecular complexity index is 707. The molecule has 4 rings (SSSR count). The minimum Gasteiger partial charge on any atom is -0.458 e. The van der Waals surface area contributed by atoms with E-state index in [-0.39, 0.29) is 12.1 Å². The number of rotatable bonds is 2. The highest BCUT2D eigenvalue weighted by Crippen LogP contribution is 2.35. The normalized spacial score (nSPS) is 28.2. The van der Waals surface area contributed by atoms with Crippen LogP contribution in [0.3, 0.4) is 0 Å². The van der Waals surface area contributed by atoms with Crippen LogP contribution in [0, 0.1) is 0 Å². The first-order valence-corrected chi connectivity index (χ1v) is 8.11. The second kappa shape index (κ2) is 5.13. The molecule has 1 aromatic carbocycles. The molecule has 2 atom stereocenters. The van der Waals surface area contributed by atoms with Crippen LogP contribution < -0.4 is 0 Å². The van der Waals surface area contributed by atoms with Gasteiger partial charge in [0.05, 0.1) is 0 Å². The molecule has 1 aromatic heterocycles. The van der Waals surface area contributed by atoms with Gasteiger partial charge in [-0.25, -0.2) is 4.79 Å². The third-order valence-electron chi connectivity index (χ3n) is 5.49. The van der Waals surface area contributed by atoms with E-state index in [0.717, 1.165) is 23.7 Å². The van der Waals surface area contributed by atoms with Gasteiger partial charge in [0.25, 0.3) is 0 Å². The molecule has 4 heteroatoms. The van der Waals surface area contributed by atoms with E-state index in [4.69, 9.17) is 4.74 Å². The number of carbonyl (C=O) groups excluding carboxylic acids is 1. The van der Waals surface area contributed by atoms with E-state index >= 15 is 0 Å². The van der Waals surface area contributed by atoms with Crippen molar-refractivity contribution in [2.45, 2.75) is 43.9 Å². The molecule has 2 aliphatic heterocycles. The molecule has 0 amide bonds. The van der Waals surface area contributed by atoms with Crippen molar-refractivity contribution in [2.75, 3.05) is 7.05 Å². The molecule has 2 aliphatic rings. The number of esters is 1. The molecule has 0 spiro atoms. The number of para-hydroxylation sites is 1. The van der Waals surface area contributed by atoms with Gasteiger partial charge in [0.1, 0.15) is 11.8 Å². The predicted molar refractivity (Wildman–Crippen MR) is 85.9 cm³/mol. The average Bonchev–Trinajstić information content (AvgIpc) is 2.93. The van der Waals surface area contributed by atoms with Gasteiger partial charge in [-0.1, -0.05) is 18.2 Å². The maximum absolute atomic E-state index is 12.6. The first kappa shape index (κ1) is 13.8. The molecule has 2 fully saturated rings. The number of hydrogen-bond acceptors (Lipinski definition) is 3. The lowest BCUT2D eigenvalue weighted by atomic mass is 10.0. The van der Waals surface area contributed by atoms with E-state index < -0.39 is 0 Å². The summed E-state index contributed by atoms with van der Waals surface area (Å²) in [7, 11) is 4.13. The number of ether oxygens (including phenoxy) is 1. The van der Waals surface area contributed by atoms with Crippen molar-refractivity contribution in [3.8, 4) is 0 Å². The third-order valence-corrected chi connectivity index (χ3v) is 5.49. The Morgan fingerprint density at radius 3 is 2.50 bits per heavy atom. The van der Waals surface area contributed by atoms with Crippen molar-refractivity contribution in [3.05, 3.63) is 36.0 Å². The second-order valence-corrected chi connectivity index (χ2v) is 6.70. The molecule has 4 nitrogen and oxygen atoms in total. The summed E-state index contributed by atoms with van der Waals surface area (Å²) in [4.78, 5) is 15.0. The molecule has 2 aromatic rings. The van der Waals surface area contributed by atoms with E-state index in [0.29, 0.717) is 17.8 Å². The van der Waals surface area contributed by atoms with Crippen molar-refractivity contribution < 1.29 is 9.53 Å². The molecule has 0 saturated carbocycles. The van der Waals surface area contributed by atoms with Gasteiger partial charge in [-0.2, -0.15) is 0 Å². The van der Waals surface area contributed by atoms with Gasteiger partial charge in [0, 0.05) is 42.9 Å². The van der Waals surface area contributed by atoms with Crippen LogP contribution in [-0.4, -0.2) is 40.7 Å². The minimum atomic E-state index is -0.187. The largest absolute Gasteiger partial charge is 0.458 e. The first-order valence-electron chi connectivity index (χ1n) is 8.11. The van der Waals surface area contributed by atoms with Gasteiger partial charge in [-0.3, -0.25) is 0 Å². The van der Waals surface area contributed by atoms with Crippen LogP contribution in [0.25, 0.3) is 10.9 Å². The van der Waals surface area contributed by atoms with Crippen molar-refractivity contribution >= 4 is 16.9 Å². The Balaban J connectivity index is 1.53. The molecule has 0 unspecified atom stereocenters. The van der Waals surface area contributed by atoms with Crippen LogP contribution in [0.5, 0.6) is 0 Å². The molecule has 2 saturated heterocycles. The summed E-state index contributed by atoms with van der Waals surface area (Å²) in [6.45, 7) is 0. The van der Waals surface area contributed by atoms with Gasteiger partial charge >= 0.3 is 5.97 Å². The highest BCUT2D eigenvalue weighted by molar-refractivity contribution is 5.95. The highest BCUT2D eigenvalue weighted by Gasteiger charge is 2.40. The Kier molecular flexibility index (Phi) is 3.22. The van der Waals surface area contributed by atoms with E-state index in [1.165, 1.54) is 12.8 Å². The maximum atomic E-state index is 12.6. The average molecular weight is 298 g/mol. The lowest BCUT2D eigenvalue weighted by Gasteiger charge is -2.35. The Morgan fingerprint density at radius 1 is 1.14 bits per heavy atom. The fourth-order valence-electron chi connectivity index (χ4n) is 4.15. The molecular weight excluding hydrogens is 276 g/mol. The summed E-state index contributed by atoms with van der Waals surface area (Å²) in [5.41, 5.74) is 1.71. The summed E-state index contributed by atoms with van der Waals surface area (Å²) in [6.07, 6.45) is 4.50. The SMILES string of the molecule is CN1[C@@H]2CC[C@@H]1CC(OC(=O)c1cc3ccccc3n1C)C2. The first-order chi connectivity index (χ1) is 10.6. The van der Waals surface area contributed by atoms with Crippen LogP contribution in [0.15, 0.2) is 30.3 Å². The number of aryl methyl sites for hydroxylation is 1. The van der Waals surface area contributed by atoms with E-state index in [2.05, 4.69) is 11.9 Å². The smallest absolute Gasteiger partial charge is 0.355 e. The van der Waals surface area contributed by atoms with Gasteiger partial charge in [-0.05, 0) is 32.0 Å². The Labute approximate surface area is 130 Å². The minimum absolute atomic E-state index is 0.0687. The summed E-state index contributed by atoms with van der Waals surface area (Å²) in [5, 5.41) is 1.08. The Hall–Kier alpha value is -1.81.